The molecule has 4 rings (SSSR count). The molecule has 0 saturated heterocycles. The Balaban J connectivity index is 1.76. The molecule has 0 N–H and O–H groups in total. The van der Waals surface area contributed by atoms with Crippen LogP contribution in [0.1, 0.15) is 10.5 Å². The summed E-state index contributed by atoms with van der Waals surface area (Å²) >= 11 is 27.5. The molecule has 3 nitrogen and oxygen atoms in total. The van der Waals surface area contributed by atoms with E-state index in [1.807, 2.05) is 60.7 Å². The van der Waals surface area contributed by atoms with Gasteiger partial charge >= 0.3 is 0 Å². The van der Waals surface area contributed by atoms with Gasteiger partial charge in [0.15, 0.2) is 6.29 Å². The molecule has 1 aromatic heterocycles. The van der Waals surface area contributed by atoms with Crippen LogP contribution in [-0.4, -0.2) is 18.6 Å². The molecule has 0 saturated carbocycles. The third-order valence-corrected chi connectivity index (χ3v) is 6.81. The smallest absolute Gasteiger partial charge is 0.170 e. The fourth-order valence-corrected chi connectivity index (χ4v) is 5.34. The van der Waals surface area contributed by atoms with Gasteiger partial charge in [-0.15, -0.1) is 37.9 Å². The Bertz CT molecular complexity index is 1300. The van der Waals surface area contributed by atoms with Crippen molar-refractivity contribution in [1.82, 2.24) is 9.55 Å². The average Bonchev–Trinajstić information content (AvgIpc) is 3.17. The fourth-order valence-electron chi connectivity index (χ4n) is 3.25. The van der Waals surface area contributed by atoms with Crippen LogP contribution >= 0.6 is 72.9 Å². The first-order valence-corrected chi connectivity index (χ1v) is 12.2. The van der Waals surface area contributed by atoms with E-state index in [9.17, 15) is 4.79 Å². The lowest BCUT2D eigenvalue weighted by Crippen LogP contribution is -1.98. The minimum absolute atomic E-state index is 0.290. The molecule has 0 aliphatic carbocycles. The Labute approximate surface area is 216 Å². The molecule has 0 unspecified atom stereocenters. The van der Waals surface area contributed by atoms with Gasteiger partial charge in [-0.2, -0.15) is 0 Å². The number of hydrogen-bond acceptors (Lipinski definition) is 6. The van der Waals surface area contributed by atoms with E-state index in [1.165, 1.54) is 11.8 Å². The number of thiol groups is 3. The molecule has 0 radical (unpaired) electrons. The summed E-state index contributed by atoms with van der Waals surface area (Å²) in [6.45, 7) is 0. The number of imidazole rings is 1. The summed E-state index contributed by atoms with van der Waals surface area (Å²) in [5.74, 6) is 0.540. The number of hydrogen-bond donors (Lipinski definition) is 3. The van der Waals surface area contributed by atoms with Gasteiger partial charge in [-0.25, -0.2) is 4.98 Å². The average molecular weight is 536 g/mol. The second-order valence-electron chi connectivity index (χ2n) is 6.83. The Morgan fingerprint density at radius 2 is 1.66 bits per heavy atom. The zero-order valence-electron chi connectivity index (χ0n) is 16.3. The lowest BCUT2D eigenvalue weighted by Gasteiger charge is -2.15. The van der Waals surface area contributed by atoms with E-state index in [0.29, 0.717) is 39.1 Å². The number of thioether (sulfide) groups is 1. The highest BCUT2D eigenvalue weighted by molar-refractivity contribution is 8.36. The predicted octanol–water partition coefficient (Wildman–Crippen LogP) is 7.82. The zero-order chi connectivity index (χ0) is 22.9. The van der Waals surface area contributed by atoms with Crippen molar-refractivity contribution in [2.75, 3.05) is 0 Å². The highest BCUT2D eigenvalue weighted by Crippen LogP contribution is 2.43. The number of halogens is 2. The van der Waals surface area contributed by atoms with Crippen molar-refractivity contribution in [3.05, 3.63) is 88.7 Å². The van der Waals surface area contributed by atoms with Gasteiger partial charge in [0.05, 0.1) is 15.7 Å². The van der Waals surface area contributed by atoms with Crippen molar-refractivity contribution in [2.45, 2.75) is 7.64 Å². The molecule has 0 fully saturated rings. The second kappa shape index (κ2) is 9.79. The zero-order valence-corrected chi connectivity index (χ0v) is 21.3. The quantitative estimate of drug-likeness (QED) is 0.102. The van der Waals surface area contributed by atoms with Crippen molar-refractivity contribution in [1.29, 1.82) is 0 Å². The first kappa shape index (κ1) is 23.7. The van der Waals surface area contributed by atoms with Crippen molar-refractivity contribution < 1.29 is 4.79 Å². The van der Waals surface area contributed by atoms with Crippen molar-refractivity contribution >= 4 is 79.1 Å². The molecule has 0 aliphatic rings. The summed E-state index contributed by atoms with van der Waals surface area (Å²) < 4.78 is 0.993. The molecule has 0 amide bonds. The Morgan fingerprint density at radius 1 is 0.906 bits per heavy atom. The highest BCUT2D eigenvalue weighted by atomic mass is 35.5. The van der Waals surface area contributed by atoms with E-state index in [0.717, 1.165) is 16.0 Å². The van der Waals surface area contributed by atoms with Gasteiger partial charge in [-0.05, 0) is 47.5 Å². The number of carbonyl (C=O) groups is 1. The van der Waals surface area contributed by atoms with Crippen molar-refractivity contribution in [2.24, 2.45) is 0 Å². The normalized spacial score (nSPS) is 11.5. The van der Waals surface area contributed by atoms with Gasteiger partial charge < -0.3 is 0 Å². The van der Waals surface area contributed by atoms with Crippen LogP contribution in [0.15, 0.2) is 77.8 Å². The van der Waals surface area contributed by atoms with Crippen LogP contribution in [0.5, 0.6) is 0 Å². The summed E-state index contributed by atoms with van der Waals surface area (Å²) in [5.41, 5.74) is 3.63. The lowest BCUT2D eigenvalue weighted by atomic mass is 10.1. The van der Waals surface area contributed by atoms with Gasteiger partial charge in [-0.3, -0.25) is 9.36 Å². The van der Waals surface area contributed by atoms with Gasteiger partial charge in [0.1, 0.15) is 14.3 Å². The minimum atomic E-state index is -0.785. The Kier molecular flexibility index (Phi) is 7.24. The van der Waals surface area contributed by atoms with Gasteiger partial charge in [0, 0.05) is 16.7 Å². The van der Waals surface area contributed by atoms with Gasteiger partial charge in [0.25, 0.3) is 0 Å². The van der Waals surface area contributed by atoms with Gasteiger partial charge in [-0.1, -0.05) is 65.3 Å². The van der Waals surface area contributed by atoms with Gasteiger partial charge in [0.2, 0.25) is 0 Å². The molecular weight excluding hydrogens is 519 g/mol. The molecule has 0 bridgehead atoms. The summed E-state index contributed by atoms with van der Waals surface area (Å²) in [4.78, 5) is 16.8. The van der Waals surface area contributed by atoms with Crippen LogP contribution in [-0.2, 0) is 0 Å². The first-order valence-electron chi connectivity index (χ1n) is 9.31. The maximum absolute atomic E-state index is 11.4. The molecule has 0 atom stereocenters. The molecule has 0 spiro atoms. The summed E-state index contributed by atoms with van der Waals surface area (Å²) in [6, 6.07) is 21.1. The molecular formula is C23H16Cl2N2OS4. The summed E-state index contributed by atoms with van der Waals surface area (Å²) in [6.07, 6.45) is 2.35. The number of aldehydes is 1. The molecule has 0 aliphatic heterocycles. The molecule has 3 aromatic carbocycles. The number of rotatable bonds is 6. The molecule has 1 heterocycles. The third kappa shape index (κ3) is 5.35. The molecule has 4 aromatic rings. The summed E-state index contributed by atoms with van der Waals surface area (Å²) in [5, 5.41) is 1.04. The van der Waals surface area contributed by atoms with E-state index in [4.69, 9.17) is 23.2 Å². The van der Waals surface area contributed by atoms with E-state index in [2.05, 4.69) is 42.9 Å². The number of nitrogens with zero attached hydrogens (tertiary/aromatic N) is 2. The second-order valence-corrected chi connectivity index (χ2v) is 12.9. The largest absolute Gasteiger partial charge is 0.297 e. The van der Waals surface area contributed by atoms with Crippen LogP contribution < -0.4 is 0 Å². The fraction of sp³-hybridized carbons (Fsp3) is 0.0435. The van der Waals surface area contributed by atoms with E-state index in [1.54, 1.807) is 16.8 Å². The highest BCUT2D eigenvalue weighted by Gasteiger charge is 2.18. The van der Waals surface area contributed by atoms with E-state index in [-0.39, 0.29) is 0 Å². The van der Waals surface area contributed by atoms with Crippen LogP contribution in [0.2, 0.25) is 10.0 Å². The predicted molar refractivity (Wildman–Crippen MR) is 145 cm³/mol. The number of benzene rings is 3. The third-order valence-electron chi connectivity index (χ3n) is 4.59. The van der Waals surface area contributed by atoms with Crippen LogP contribution in [0.4, 0.5) is 0 Å². The van der Waals surface area contributed by atoms with E-state index < -0.39 is 2.74 Å². The molecule has 32 heavy (non-hydrogen) atoms. The SMILES string of the molecule is O=Cc1cn(-c2ccc(-c3cccc(SC(S)(S)S)c3)cc2Cl)c(-c2ccccc2Cl)n1. The number of aromatic nitrogens is 2. The summed E-state index contributed by atoms with van der Waals surface area (Å²) in [7, 11) is 0. The molecule has 162 valence electrons. The Hall–Kier alpha value is -1.48. The maximum Gasteiger partial charge on any atom is 0.170 e. The first-order chi connectivity index (χ1) is 15.2. The van der Waals surface area contributed by atoms with Crippen LogP contribution in [0.3, 0.4) is 0 Å². The van der Waals surface area contributed by atoms with E-state index >= 15 is 0 Å². The topological polar surface area (TPSA) is 34.9 Å². The number of carbonyl (C=O) groups excluding carboxylic acids is 1. The van der Waals surface area contributed by atoms with Crippen LogP contribution in [0, 0.1) is 0 Å². The minimum Gasteiger partial charge on any atom is -0.297 e. The molecule has 9 heteroatoms. The lowest BCUT2D eigenvalue weighted by molar-refractivity contribution is 0.111. The van der Waals surface area contributed by atoms with Crippen LogP contribution in [0.25, 0.3) is 28.2 Å². The Morgan fingerprint density at radius 3 is 2.34 bits per heavy atom. The standard InChI is InChI=1S/C23H16Cl2N2OS4/c24-19-7-2-1-6-18(19)22-26-16(13-28)12-27(22)21-9-8-15(11-20(21)25)14-4-3-5-17(10-14)32-23(29,30)31/h1-13,29-31H. The monoisotopic (exact) mass is 534 g/mol. The van der Waals surface area contributed by atoms with Crippen molar-refractivity contribution in [3.63, 3.8) is 0 Å². The maximum atomic E-state index is 11.4. The van der Waals surface area contributed by atoms with Crippen molar-refractivity contribution in [3.8, 4) is 28.2 Å².